The van der Waals surface area contributed by atoms with Gasteiger partial charge in [0.15, 0.2) is 0 Å². The predicted octanol–water partition coefficient (Wildman–Crippen LogP) is 3.59. The first kappa shape index (κ1) is 14.3. The largest absolute Gasteiger partial charge is 0.338 e. The van der Waals surface area contributed by atoms with Gasteiger partial charge in [0.05, 0.1) is 0 Å². The summed E-state index contributed by atoms with van der Waals surface area (Å²) in [5.74, 6) is 0. The Morgan fingerprint density at radius 3 is 2.18 bits per heavy atom. The average Bonchev–Trinajstić information content (AvgIpc) is 3.11. The Kier molecular flexibility index (Phi) is 7.85. The van der Waals surface area contributed by atoms with Gasteiger partial charge in [0, 0.05) is 12.6 Å². The van der Waals surface area contributed by atoms with Crippen molar-refractivity contribution in [3.8, 4) is 0 Å². The second-order valence-electron chi connectivity index (χ2n) is 5.15. The zero-order chi connectivity index (χ0) is 12.3. The number of hydrogen-bond acceptors (Lipinski definition) is 1. The van der Waals surface area contributed by atoms with Gasteiger partial charge in [-0.25, -0.2) is 4.79 Å². The summed E-state index contributed by atoms with van der Waals surface area (Å²) in [6, 6.07) is 0.490. The predicted molar refractivity (Wildman–Crippen MR) is 72.2 cm³/mol. The van der Waals surface area contributed by atoms with Crippen LogP contribution in [-0.2, 0) is 0 Å². The molecule has 1 aliphatic rings. The molecule has 2 amide bonds. The van der Waals surface area contributed by atoms with Gasteiger partial charge >= 0.3 is 6.03 Å². The van der Waals surface area contributed by atoms with Crippen molar-refractivity contribution in [2.24, 2.45) is 0 Å². The molecule has 0 spiro atoms. The molecule has 0 aromatic carbocycles. The lowest BCUT2D eigenvalue weighted by Crippen LogP contribution is -2.37. The lowest BCUT2D eigenvalue weighted by molar-refractivity contribution is 0.240. The minimum absolute atomic E-state index is 0.0236. The number of unbranched alkanes of at least 4 members (excludes halogenated alkanes) is 7. The van der Waals surface area contributed by atoms with Crippen LogP contribution in [-0.4, -0.2) is 18.6 Å². The van der Waals surface area contributed by atoms with Crippen LogP contribution >= 0.6 is 0 Å². The molecular formula is C14H28N2O. The van der Waals surface area contributed by atoms with Crippen molar-refractivity contribution in [3.05, 3.63) is 0 Å². The van der Waals surface area contributed by atoms with Crippen LogP contribution in [0.2, 0.25) is 0 Å². The summed E-state index contributed by atoms with van der Waals surface area (Å²) in [5.41, 5.74) is 0. The third kappa shape index (κ3) is 9.02. The minimum Gasteiger partial charge on any atom is -0.338 e. The van der Waals surface area contributed by atoms with E-state index in [0.717, 1.165) is 25.8 Å². The van der Waals surface area contributed by atoms with Gasteiger partial charge in [-0.3, -0.25) is 0 Å². The van der Waals surface area contributed by atoms with E-state index in [0.29, 0.717) is 6.04 Å². The van der Waals surface area contributed by atoms with Crippen LogP contribution in [0.15, 0.2) is 0 Å². The lowest BCUT2D eigenvalue weighted by Gasteiger charge is -2.06. The lowest BCUT2D eigenvalue weighted by atomic mass is 10.1. The molecule has 3 nitrogen and oxygen atoms in total. The van der Waals surface area contributed by atoms with E-state index in [1.165, 1.54) is 44.9 Å². The Balaban J connectivity index is 1.73. The van der Waals surface area contributed by atoms with E-state index in [1.807, 2.05) is 0 Å². The highest BCUT2D eigenvalue weighted by molar-refractivity contribution is 5.74. The third-order valence-electron chi connectivity index (χ3n) is 3.23. The molecule has 3 heteroatoms. The van der Waals surface area contributed by atoms with Gasteiger partial charge in [0.2, 0.25) is 0 Å². The van der Waals surface area contributed by atoms with Crippen molar-refractivity contribution < 1.29 is 4.79 Å². The van der Waals surface area contributed by atoms with Crippen molar-refractivity contribution in [1.29, 1.82) is 0 Å². The van der Waals surface area contributed by atoms with E-state index < -0.39 is 0 Å². The van der Waals surface area contributed by atoms with Crippen molar-refractivity contribution in [2.45, 2.75) is 77.2 Å². The Morgan fingerprint density at radius 2 is 1.59 bits per heavy atom. The monoisotopic (exact) mass is 240 g/mol. The first-order valence-electron chi connectivity index (χ1n) is 7.37. The Bertz CT molecular complexity index is 202. The first-order chi connectivity index (χ1) is 8.33. The highest BCUT2D eigenvalue weighted by Crippen LogP contribution is 2.18. The van der Waals surface area contributed by atoms with E-state index in [4.69, 9.17) is 0 Å². The number of nitrogens with one attached hydrogen (secondary N) is 2. The zero-order valence-corrected chi connectivity index (χ0v) is 11.3. The Hall–Kier alpha value is -0.730. The maximum atomic E-state index is 11.3. The molecule has 0 atom stereocenters. The number of urea groups is 1. The number of hydrogen-bond donors (Lipinski definition) is 2. The number of carbonyl (C=O) groups is 1. The van der Waals surface area contributed by atoms with Gasteiger partial charge in [0.25, 0.3) is 0 Å². The highest BCUT2D eigenvalue weighted by Gasteiger charge is 2.22. The molecule has 1 saturated carbocycles. The maximum Gasteiger partial charge on any atom is 0.315 e. The zero-order valence-electron chi connectivity index (χ0n) is 11.3. The maximum absolute atomic E-state index is 11.3. The van der Waals surface area contributed by atoms with Crippen LogP contribution in [0.3, 0.4) is 0 Å². The molecule has 0 saturated heterocycles. The molecule has 0 heterocycles. The quantitative estimate of drug-likeness (QED) is 0.563. The van der Waals surface area contributed by atoms with Gasteiger partial charge < -0.3 is 10.6 Å². The molecule has 0 bridgehead atoms. The topological polar surface area (TPSA) is 41.1 Å². The van der Waals surface area contributed by atoms with Crippen molar-refractivity contribution in [1.82, 2.24) is 10.6 Å². The molecule has 0 aromatic heterocycles. The molecule has 1 aliphatic carbocycles. The molecule has 0 unspecified atom stereocenters. The third-order valence-corrected chi connectivity index (χ3v) is 3.23. The van der Waals surface area contributed by atoms with Crippen LogP contribution in [0, 0.1) is 0 Å². The normalized spacial score (nSPS) is 14.6. The Morgan fingerprint density at radius 1 is 1.00 bits per heavy atom. The summed E-state index contributed by atoms with van der Waals surface area (Å²) in [4.78, 5) is 11.3. The van der Waals surface area contributed by atoms with E-state index in [-0.39, 0.29) is 6.03 Å². The molecule has 17 heavy (non-hydrogen) atoms. The Labute approximate surface area is 106 Å². The van der Waals surface area contributed by atoms with Gasteiger partial charge in [-0.05, 0) is 19.3 Å². The molecule has 0 aliphatic heterocycles. The van der Waals surface area contributed by atoms with E-state index in [2.05, 4.69) is 17.6 Å². The van der Waals surface area contributed by atoms with Crippen molar-refractivity contribution in [3.63, 3.8) is 0 Å². The molecule has 0 radical (unpaired) electrons. The molecule has 0 aromatic rings. The van der Waals surface area contributed by atoms with Crippen molar-refractivity contribution in [2.75, 3.05) is 6.54 Å². The minimum atomic E-state index is 0.0236. The fourth-order valence-corrected chi connectivity index (χ4v) is 1.92. The van der Waals surface area contributed by atoms with Gasteiger partial charge in [0.1, 0.15) is 0 Å². The number of amides is 2. The summed E-state index contributed by atoms with van der Waals surface area (Å²) >= 11 is 0. The van der Waals surface area contributed by atoms with Crippen LogP contribution in [0.4, 0.5) is 4.79 Å². The molecule has 100 valence electrons. The second-order valence-corrected chi connectivity index (χ2v) is 5.15. The highest BCUT2D eigenvalue weighted by atomic mass is 16.2. The second kappa shape index (κ2) is 9.32. The fourth-order valence-electron chi connectivity index (χ4n) is 1.92. The summed E-state index contributed by atoms with van der Waals surface area (Å²) in [7, 11) is 0. The van der Waals surface area contributed by atoms with Crippen molar-refractivity contribution >= 4 is 6.03 Å². The van der Waals surface area contributed by atoms with E-state index in [9.17, 15) is 4.79 Å². The van der Waals surface area contributed by atoms with Gasteiger partial charge in [-0.2, -0.15) is 0 Å². The van der Waals surface area contributed by atoms with Gasteiger partial charge in [-0.15, -0.1) is 0 Å². The summed E-state index contributed by atoms with van der Waals surface area (Å²) in [6.07, 6.45) is 12.8. The van der Waals surface area contributed by atoms with Crippen LogP contribution < -0.4 is 10.6 Å². The fraction of sp³-hybridized carbons (Fsp3) is 0.929. The van der Waals surface area contributed by atoms with Crippen LogP contribution in [0.25, 0.3) is 0 Å². The summed E-state index contributed by atoms with van der Waals surface area (Å²) in [5, 5.41) is 5.84. The van der Waals surface area contributed by atoms with E-state index >= 15 is 0 Å². The standard InChI is InChI=1S/C14H28N2O/c1-2-3-4-5-6-7-8-9-12-15-14(17)16-13-10-11-13/h13H,2-12H2,1H3,(H2,15,16,17). The molecule has 1 rings (SSSR count). The average molecular weight is 240 g/mol. The smallest absolute Gasteiger partial charge is 0.315 e. The molecular weight excluding hydrogens is 212 g/mol. The van der Waals surface area contributed by atoms with E-state index in [1.54, 1.807) is 0 Å². The molecule has 1 fully saturated rings. The number of carbonyl (C=O) groups excluding carboxylic acids is 1. The van der Waals surface area contributed by atoms with Crippen LogP contribution in [0.5, 0.6) is 0 Å². The van der Waals surface area contributed by atoms with Crippen LogP contribution in [0.1, 0.15) is 71.1 Å². The SMILES string of the molecule is CCCCCCCCCCNC(=O)NC1CC1. The summed E-state index contributed by atoms with van der Waals surface area (Å²) < 4.78 is 0. The first-order valence-corrected chi connectivity index (χ1v) is 7.37. The molecule has 2 N–H and O–H groups in total. The number of rotatable bonds is 10. The summed E-state index contributed by atoms with van der Waals surface area (Å²) in [6.45, 7) is 3.08. The van der Waals surface area contributed by atoms with Gasteiger partial charge in [-0.1, -0.05) is 51.9 Å².